The molecule has 0 spiro atoms. The van der Waals surface area contributed by atoms with Gasteiger partial charge in [0.2, 0.25) is 0 Å². The van der Waals surface area contributed by atoms with Gasteiger partial charge in [0.25, 0.3) is 0 Å². The predicted octanol–water partition coefficient (Wildman–Crippen LogP) is -0.353. The van der Waals surface area contributed by atoms with E-state index in [4.69, 9.17) is 0 Å². The second-order valence-electron chi connectivity index (χ2n) is 3.28. The Morgan fingerprint density at radius 1 is 1.60 bits per heavy atom. The van der Waals surface area contributed by atoms with Gasteiger partial charge in [0.05, 0.1) is 25.5 Å². The van der Waals surface area contributed by atoms with E-state index in [9.17, 15) is 4.79 Å². The first-order valence-electron chi connectivity index (χ1n) is 4.67. The van der Waals surface area contributed by atoms with Gasteiger partial charge in [0, 0.05) is 13.1 Å². The van der Waals surface area contributed by atoms with E-state index in [2.05, 4.69) is 25.3 Å². The first-order chi connectivity index (χ1) is 7.29. The molecule has 2 heterocycles. The van der Waals surface area contributed by atoms with Crippen molar-refractivity contribution < 1.29 is 9.53 Å². The summed E-state index contributed by atoms with van der Waals surface area (Å²) in [7, 11) is 1.32. The third-order valence-electron chi connectivity index (χ3n) is 2.16. The van der Waals surface area contributed by atoms with Crippen molar-refractivity contribution in [2.45, 2.75) is 6.04 Å². The van der Waals surface area contributed by atoms with Crippen molar-refractivity contribution in [3.63, 3.8) is 0 Å². The van der Waals surface area contributed by atoms with Gasteiger partial charge in [-0.15, -0.1) is 0 Å². The molecule has 1 aromatic heterocycles. The number of esters is 1. The fourth-order valence-corrected chi connectivity index (χ4v) is 1.24. The van der Waals surface area contributed by atoms with E-state index in [1.165, 1.54) is 13.3 Å². The van der Waals surface area contributed by atoms with Crippen LogP contribution in [0, 0.1) is 0 Å². The average Bonchev–Trinajstić information content (AvgIpc) is 2.23. The fourth-order valence-electron chi connectivity index (χ4n) is 1.24. The summed E-state index contributed by atoms with van der Waals surface area (Å²) in [6, 6.07) is 0.368. The number of carbonyl (C=O) groups is 1. The van der Waals surface area contributed by atoms with Crippen LogP contribution in [0.1, 0.15) is 10.5 Å². The second-order valence-corrected chi connectivity index (χ2v) is 3.28. The molecule has 0 amide bonds. The highest BCUT2D eigenvalue weighted by molar-refractivity contribution is 5.87. The van der Waals surface area contributed by atoms with Crippen LogP contribution in [-0.4, -0.2) is 42.2 Å². The van der Waals surface area contributed by atoms with Crippen molar-refractivity contribution >= 4 is 11.8 Å². The Hall–Kier alpha value is -1.69. The van der Waals surface area contributed by atoms with Crippen molar-refractivity contribution in [2.75, 3.05) is 25.5 Å². The number of anilines is 1. The number of aromatic nitrogens is 2. The minimum atomic E-state index is -0.474. The minimum absolute atomic E-state index is 0.217. The van der Waals surface area contributed by atoms with Crippen LogP contribution in [0.2, 0.25) is 0 Å². The monoisotopic (exact) mass is 208 g/mol. The fraction of sp³-hybridized carbons (Fsp3) is 0.444. The first-order valence-corrected chi connectivity index (χ1v) is 4.67. The van der Waals surface area contributed by atoms with Crippen LogP contribution in [-0.2, 0) is 4.74 Å². The lowest BCUT2D eigenvalue weighted by Gasteiger charge is -2.28. The molecule has 0 aromatic carbocycles. The standard InChI is InChI=1S/C9H12N4O2/c1-15-9(14)7-4-11-5-8(13-7)12-6-2-10-3-6/h4-6,10H,2-3H2,1H3,(H,12,13). The van der Waals surface area contributed by atoms with Crippen molar-refractivity contribution in [3.8, 4) is 0 Å². The van der Waals surface area contributed by atoms with Gasteiger partial charge >= 0.3 is 5.97 Å². The molecule has 0 radical (unpaired) electrons. The van der Waals surface area contributed by atoms with Crippen LogP contribution in [0.4, 0.5) is 5.82 Å². The predicted molar refractivity (Wildman–Crippen MR) is 53.7 cm³/mol. The lowest BCUT2D eigenvalue weighted by Crippen LogP contribution is -2.51. The Morgan fingerprint density at radius 2 is 2.40 bits per heavy atom. The zero-order chi connectivity index (χ0) is 10.7. The van der Waals surface area contributed by atoms with E-state index in [0.29, 0.717) is 11.9 Å². The van der Waals surface area contributed by atoms with Crippen LogP contribution in [0.5, 0.6) is 0 Å². The summed E-state index contributed by atoms with van der Waals surface area (Å²) in [5.41, 5.74) is 0.217. The summed E-state index contributed by atoms with van der Waals surface area (Å²) in [5.74, 6) is 0.127. The Kier molecular flexibility index (Phi) is 2.77. The van der Waals surface area contributed by atoms with Gasteiger partial charge < -0.3 is 15.4 Å². The molecule has 1 fully saturated rings. The van der Waals surface area contributed by atoms with E-state index in [-0.39, 0.29) is 5.69 Å². The number of ether oxygens (including phenoxy) is 1. The summed E-state index contributed by atoms with van der Waals surface area (Å²) >= 11 is 0. The summed E-state index contributed by atoms with van der Waals surface area (Å²) in [6.07, 6.45) is 2.97. The van der Waals surface area contributed by atoms with Gasteiger partial charge in [-0.2, -0.15) is 0 Å². The van der Waals surface area contributed by atoms with Crippen LogP contribution in [0.15, 0.2) is 12.4 Å². The molecule has 0 aliphatic carbocycles. The maximum Gasteiger partial charge on any atom is 0.358 e. The molecule has 0 saturated carbocycles. The van der Waals surface area contributed by atoms with Gasteiger partial charge in [-0.05, 0) is 0 Å². The minimum Gasteiger partial charge on any atom is -0.464 e. The number of hydrogen-bond donors (Lipinski definition) is 2. The number of rotatable bonds is 3. The lowest BCUT2D eigenvalue weighted by atomic mass is 10.2. The molecule has 1 saturated heterocycles. The summed E-state index contributed by atoms with van der Waals surface area (Å²) in [6.45, 7) is 1.81. The smallest absolute Gasteiger partial charge is 0.358 e. The first kappa shape index (κ1) is 9.85. The molecule has 0 atom stereocenters. The highest BCUT2D eigenvalue weighted by Gasteiger charge is 2.17. The zero-order valence-corrected chi connectivity index (χ0v) is 8.36. The summed E-state index contributed by atoms with van der Waals surface area (Å²) in [4.78, 5) is 19.2. The van der Waals surface area contributed by atoms with Gasteiger partial charge in [0.15, 0.2) is 5.69 Å². The molecular weight excluding hydrogens is 196 g/mol. The molecule has 6 heteroatoms. The number of nitrogens with zero attached hydrogens (tertiary/aromatic N) is 2. The maximum atomic E-state index is 11.2. The molecule has 2 N–H and O–H groups in total. The second kappa shape index (κ2) is 4.22. The van der Waals surface area contributed by atoms with E-state index < -0.39 is 5.97 Å². The van der Waals surface area contributed by atoms with Crippen molar-refractivity contribution in [1.82, 2.24) is 15.3 Å². The number of carbonyl (C=O) groups excluding carboxylic acids is 1. The largest absolute Gasteiger partial charge is 0.464 e. The quantitative estimate of drug-likeness (QED) is 0.661. The van der Waals surface area contributed by atoms with Crippen LogP contribution in [0.25, 0.3) is 0 Å². The van der Waals surface area contributed by atoms with Gasteiger partial charge in [-0.3, -0.25) is 4.98 Å². The molecule has 0 unspecified atom stereocenters. The number of hydrogen-bond acceptors (Lipinski definition) is 6. The molecule has 2 rings (SSSR count). The Bertz CT molecular complexity index is 365. The van der Waals surface area contributed by atoms with Crippen LogP contribution < -0.4 is 10.6 Å². The summed E-state index contributed by atoms with van der Waals surface area (Å²) in [5, 5.41) is 6.28. The van der Waals surface area contributed by atoms with E-state index in [0.717, 1.165) is 13.1 Å². The SMILES string of the molecule is COC(=O)c1cncc(NC2CNC2)n1. The van der Waals surface area contributed by atoms with Gasteiger partial charge in [0.1, 0.15) is 5.82 Å². The molecule has 15 heavy (non-hydrogen) atoms. The molecule has 1 aliphatic heterocycles. The summed E-state index contributed by atoms with van der Waals surface area (Å²) < 4.78 is 4.55. The van der Waals surface area contributed by atoms with Gasteiger partial charge in [-0.25, -0.2) is 9.78 Å². The highest BCUT2D eigenvalue weighted by Crippen LogP contribution is 2.06. The normalized spacial score (nSPS) is 15.5. The molecule has 1 aliphatic rings. The van der Waals surface area contributed by atoms with E-state index >= 15 is 0 Å². The number of methoxy groups -OCH3 is 1. The Morgan fingerprint density at radius 3 is 3.00 bits per heavy atom. The van der Waals surface area contributed by atoms with E-state index in [1.54, 1.807) is 6.20 Å². The Balaban J connectivity index is 2.07. The number of nitrogens with one attached hydrogen (secondary N) is 2. The third-order valence-corrected chi connectivity index (χ3v) is 2.16. The maximum absolute atomic E-state index is 11.2. The van der Waals surface area contributed by atoms with E-state index in [1.807, 2.05) is 0 Å². The van der Waals surface area contributed by atoms with Crippen molar-refractivity contribution in [1.29, 1.82) is 0 Å². The Labute approximate surface area is 87.1 Å². The molecule has 80 valence electrons. The van der Waals surface area contributed by atoms with Crippen LogP contribution in [0.3, 0.4) is 0 Å². The van der Waals surface area contributed by atoms with Crippen molar-refractivity contribution in [3.05, 3.63) is 18.1 Å². The zero-order valence-electron chi connectivity index (χ0n) is 8.36. The molecular formula is C9H12N4O2. The molecule has 1 aromatic rings. The highest BCUT2D eigenvalue weighted by atomic mass is 16.5. The molecule has 6 nitrogen and oxygen atoms in total. The van der Waals surface area contributed by atoms with Crippen molar-refractivity contribution in [2.24, 2.45) is 0 Å². The topological polar surface area (TPSA) is 76.1 Å². The molecule has 0 bridgehead atoms. The van der Waals surface area contributed by atoms with Gasteiger partial charge in [-0.1, -0.05) is 0 Å². The lowest BCUT2D eigenvalue weighted by molar-refractivity contribution is 0.0593. The third kappa shape index (κ3) is 2.21. The average molecular weight is 208 g/mol. The van der Waals surface area contributed by atoms with Crippen LogP contribution >= 0.6 is 0 Å².